The predicted octanol–water partition coefficient (Wildman–Crippen LogP) is 3.25. The second kappa shape index (κ2) is 5.61. The highest BCUT2D eigenvalue weighted by Crippen LogP contribution is 2.24. The number of hydrogen-bond donors (Lipinski definition) is 1. The monoisotopic (exact) mass is 290 g/mol. The molecule has 0 aliphatic rings. The number of rotatable bonds is 4. The fourth-order valence-corrected chi connectivity index (χ4v) is 1.41. The summed E-state index contributed by atoms with van der Waals surface area (Å²) in [4.78, 5) is 0.354. The molecule has 0 aromatic heterocycles. The van der Waals surface area contributed by atoms with Crippen molar-refractivity contribution < 1.29 is 5.11 Å². The van der Waals surface area contributed by atoms with Crippen molar-refractivity contribution in [3.8, 4) is 5.75 Å². The first-order chi connectivity index (χ1) is 7.00. The van der Waals surface area contributed by atoms with E-state index in [-0.39, 0.29) is 5.75 Å². The van der Waals surface area contributed by atoms with Crippen LogP contribution in [0.1, 0.15) is 13.8 Å². The van der Waals surface area contributed by atoms with Crippen LogP contribution in [0.5, 0.6) is 5.75 Å². The molecule has 0 aliphatic heterocycles. The van der Waals surface area contributed by atoms with Gasteiger partial charge in [-0.2, -0.15) is 0 Å². The summed E-state index contributed by atoms with van der Waals surface area (Å²) in [7, 11) is 0. The van der Waals surface area contributed by atoms with Gasteiger partial charge in [0.2, 0.25) is 0 Å². The zero-order valence-corrected chi connectivity index (χ0v) is 11.1. The lowest BCUT2D eigenvalue weighted by Gasteiger charge is -2.19. The maximum absolute atomic E-state index is 11.5. The number of alkyl halides is 1. The number of anilines is 1. The second-order valence-corrected chi connectivity index (χ2v) is 5.39. The molecule has 2 nitrogen and oxygen atoms in total. The van der Waals surface area contributed by atoms with Crippen molar-refractivity contribution in [3.05, 3.63) is 23.2 Å². The van der Waals surface area contributed by atoms with Gasteiger partial charge in [-0.1, -0.05) is 47.1 Å². The van der Waals surface area contributed by atoms with Crippen LogP contribution in [0.2, 0.25) is 5.02 Å². The number of benzene rings is 1. The predicted molar refractivity (Wildman–Crippen MR) is 66.9 cm³/mol. The zero-order valence-electron chi connectivity index (χ0n) is 8.76. The molecule has 84 valence electrons. The van der Waals surface area contributed by atoms with Crippen LogP contribution in [-0.4, -0.2) is 11.4 Å². The molecule has 0 heterocycles. The molecule has 0 bridgehead atoms. The van der Waals surface area contributed by atoms with E-state index >= 15 is 0 Å². The van der Waals surface area contributed by atoms with Gasteiger partial charge in [-0.25, -0.2) is 0 Å². The van der Waals surface area contributed by atoms with Crippen LogP contribution in [-0.2, 0) is 0 Å². The molecule has 0 saturated heterocycles. The Bertz CT molecular complexity index is 330. The Morgan fingerprint density at radius 1 is 1.47 bits per heavy atom. The van der Waals surface area contributed by atoms with Crippen LogP contribution >= 0.6 is 27.5 Å². The Kier molecular flexibility index (Phi) is 4.74. The zero-order chi connectivity index (χ0) is 11.4. The second-order valence-electron chi connectivity index (χ2n) is 3.78. The van der Waals surface area contributed by atoms with E-state index in [0.717, 1.165) is 6.54 Å². The third kappa shape index (κ3) is 3.92. The Labute approximate surface area is 104 Å². The van der Waals surface area contributed by atoms with E-state index in [2.05, 4.69) is 35.1 Å². The largest absolute Gasteiger partial charge is 0.871 e. The fraction of sp³-hybridized carbons (Fsp3) is 0.455. The summed E-state index contributed by atoms with van der Waals surface area (Å²) >= 11 is 9.24. The third-order valence-corrected chi connectivity index (χ3v) is 3.77. The lowest BCUT2D eigenvalue weighted by molar-refractivity contribution is -0.267. The highest BCUT2D eigenvalue weighted by atomic mass is 79.9. The van der Waals surface area contributed by atoms with E-state index in [1.807, 2.05) is 0 Å². The van der Waals surface area contributed by atoms with E-state index in [0.29, 0.717) is 21.5 Å². The first-order valence-corrected chi connectivity index (χ1v) is 6.14. The van der Waals surface area contributed by atoms with E-state index < -0.39 is 0 Å². The molecule has 1 unspecified atom stereocenters. The van der Waals surface area contributed by atoms with Crippen molar-refractivity contribution in [2.24, 2.45) is 5.92 Å². The molecule has 0 radical (unpaired) electrons. The molecule has 0 aliphatic carbocycles. The van der Waals surface area contributed by atoms with Gasteiger partial charge in [0.05, 0.1) is 0 Å². The van der Waals surface area contributed by atoms with Crippen molar-refractivity contribution in [3.63, 3.8) is 0 Å². The van der Waals surface area contributed by atoms with Crippen molar-refractivity contribution in [1.82, 2.24) is 0 Å². The quantitative estimate of drug-likeness (QED) is 0.864. The molecule has 15 heavy (non-hydrogen) atoms. The molecule has 0 amide bonds. The van der Waals surface area contributed by atoms with E-state index in [1.165, 1.54) is 6.07 Å². The molecule has 1 aromatic carbocycles. The van der Waals surface area contributed by atoms with Gasteiger partial charge >= 0.3 is 0 Å². The summed E-state index contributed by atoms with van der Waals surface area (Å²) in [6, 6.07) is 4.84. The van der Waals surface area contributed by atoms with Crippen LogP contribution in [0.15, 0.2) is 18.2 Å². The minimum Gasteiger partial charge on any atom is -0.871 e. The van der Waals surface area contributed by atoms with Crippen LogP contribution in [0.3, 0.4) is 0 Å². The summed E-state index contributed by atoms with van der Waals surface area (Å²) in [5.41, 5.74) is 0.601. The molecular weight excluding hydrogens is 277 g/mol. The van der Waals surface area contributed by atoms with Crippen LogP contribution < -0.4 is 10.4 Å². The van der Waals surface area contributed by atoms with Crippen molar-refractivity contribution in [2.75, 3.05) is 11.9 Å². The Balaban J connectivity index is 2.58. The highest BCUT2D eigenvalue weighted by molar-refractivity contribution is 9.09. The number of halogens is 2. The van der Waals surface area contributed by atoms with Crippen LogP contribution in [0.4, 0.5) is 5.69 Å². The Morgan fingerprint density at radius 3 is 2.67 bits per heavy atom. The van der Waals surface area contributed by atoms with Crippen molar-refractivity contribution >= 4 is 33.2 Å². The summed E-state index contributed by atoms with van der Waals surface area (Å²) in [6.45, 7) is 4.98. The van der Waals surface area contributed by atoms with Gasteiger partial charge in [0.25, 0.3) is 0 Å². The van der Waals surface area contributed by atoms with Gasteiger partial charge in [-0.05, 0) is 24.1 Å². The van der Waals surface area contributed by atoms with E-state index in [9.17, 15) is 5.11 Å². The minimum atomic E-state index is -0.0639. The summed E-state index contributed by atoms with van der Waals surface area (Å²) in [5.74, 6) is 0.464. The standard InChI is InChI=1S/C11H15BrClNO/c1-7(2)9(12)6-14-10-4-3-8(13)5-11(10)15/h3-5,7,9,14-15H,6H2,1-2H3/p-1. The average Bonchev–Trinajstić information content (AvgIpc) is 2.15. The number of hydrogen-bond acceptors (Lipinski definition) is 2. The topological polar surface area (TPSA) is 35.1 Å². The molecule has 0 fully saturated rings. The molecule has 1 atom stereocenters. The molecule has 1 rings (SSSR count). The highest BCUT2D eigenvalue weighted by Gasteiger charge is 2.08. The average molecular weight is 292 g/mol. The van der Waals surface area contributed by atoms with Crippen LogP contribution in [0.25, 0.3) is 0 Å². The van der Waals surface area contributed by atoms with Gasteiger partial charge < -0.3 is 10.4 Å². The first-order valence-electron chi connectivity index (χ1n) is 4.85. The molecule has 1 N–H and O–H groups in total. The summed E-state index contributed by atoms with van der Waals surface area (Å²) in [5, 5.41) is 15.0. The summed E-state index contributed by atoms with van der Waals surface area (Å²) < 4.78 is 0. The summed E-state index contributed by atoms with van der Waals surface area (Å²) in [6.07, 6.45) is 0. The first kappa shape index (κ1) is 12.7. The van der Waals surface area contributed by atoms with Crippen molar-refractivity contribution in [2.45, 2.75) is 18.7 Å². The maximum atomic E-state index is 11.5. The molecule has 0 saturated carbocycles. The van der Waals surface area contributed by atoms with Crippen molar-refractivity contribution in [1.29, 1.82) is 0 Å². The third-order valence-electron chi connectivity index (χ3n) is 2.15. The Morgan fingerprint density at radius 2 is 2.13 bits per heavy atom. The maximum Gasteiger partial charge on any atom is 0.0401 e. The van der Waals surface area contributed by atoms with Gasteiger partial charge in [0.1, 0.15) is 0 Å². The lowest BCUT2D eigenvalue weighted by atomic mass is 10.1. The SMILES string of the molecule is CC(C)C(Br)CNc1ccc(Cl)cc1[O-]. The minimum absolute atomic E-state index is 0.0639. The van der Waals surface area contributed by atoms with Gasteiger partial charge in [-0.15, -0.1) is 0 Å². The van der Waals surface area contributed by atoms with Gasteiger partial charge in [0, 0.05) is 22.1 Å². The van der Waals surface area contributed by atoms with Crippen LogP contribution in [0, 0.1) is 5.92 Å². The lowest BCUT2D eigenvalue weighted by Crippen LogP contribution is -2.19. The normalized spacial score (nSPS) is 12.9. The molecule has 1 aromatic rings. The molecule has 0 spiro atoms. The molecular formula is C11H14BrClNO-. The van der Waals surface area contributed by atoms with Gasteiger partial charge in [0.15, 0.2) is 0 Å². The Hall–Kier alpha value is -0.410. The number of nitrogens with one attached hydrogen (secondary N) is 1. The van der Waals surface area contributed by atoms with E-state index in [1.54, 1.807) is 12.1 Å². The fourth-order valence-electron chi connectivity index (χ4n) is 1.09. The molecule has 4 heteroatoms. The smallest absolute Gasteiger partial charge is 0.0401 e. The van der Waals surface area contributed by atoms with E-state index in [4.69, 9.17) is 11.6 Å². The van der Waals surface area contributed by atoms with Gasteiger partial charge in [-0.3, -0.25) is 0 Å².